The quantitative estimate of drug-likeness (QED) is 0.543. The van der Waals surface area contributed by atoms with Gasteiger partial charge in [-0.05, 0) is 30.2 Å². The van der Waals surface area contributed by atoms with Crippen LogP contribution in [0.15, 0.2) is 48.5 Å². The van der Waals surface area contributed by atoms with Gasteiger partial charge in [0, 0.05) is 23.9 Å². The normalized spacial score (nSPS) is 17.9. The molecule has 1 aromatic heterocycles. The second-order valence-corrected chi connectivity index (χ2v) is 7.79. The van der Waals surface area contributed by atoms with E-state index in [9.17, 15) is 24.0 Å². The van der Waals surface area contributed by atoms with Crippen molar-refractivity contribution in [1.29, 1.82) is 0 Å². The van der Waals surface area contributed by atoms with Gasteiger partial charge in [0.2, 0.25) is 11.8 Å². The molecule has 32 heavy (non-hydrogen) atoms. The Morgan fingerprint density at radius 1 is 1.00 bits per heavy atom. The van der Waals surface area contributed by atoms with E-state index in [4.69, 9.17) is 0 Å². The van der Waals surface area contributed by atoms with Gasteiger partial charge in [-0.2, -0.15) is 0 Å². The molecule has 1 fully saturated rings. The van der Waals surface area contributed by atoms with Crippen molar-refractivity contribution in [2.45, 2.75) is 25.4 Å². The van der Waals surface area contributed by atoms with Crippen molar-refractivity contribution in [1.82, 2.24) is 20.5 Å². The number of carbonyl (C=O) groups excluding carboxylic acids is 5. The van der Waals surface area contributed by atoms with Crippen molar-refractivity contribution in [3.05, 3.63) is 70.9 Å². The molecule has 0 aliphatic carbocycles. The summed E-state index contributed by atoms with van der Waals surface area (Å²) in [6, 6.07) is 13.0. The Kier molecular flexibility index (Phi) is 4.58. The number of hydrogen-bond donors (Lipinski definition) is 3. The molecular weight excluding hydrogens is 412 g/mol. The SMILES string of the molecule is O=C1CCC(N2Cc3cccc(C(=O)NC(=O)c4cc5ccccc5[nH]4)c3C2=O)C(=O)N1. The van der Waals surface area contributed by atoms with Crippen LogP contribution in [0, 0.1) is 0 Å². The number of benzene rings is 2. The van der Waals surface area contributed by atoms with Crippen LogP contribution in [0.3, 0.4) is 0 Å². The zero-order valence-corrected chi connectivity index (χ0v) is 16.8. The van der Waals surface area contributed by atoms with Gasteiger partial charge in [0.1, 0.15) is 11.7 Å². The average Bonchev–Trinajstić information content (AvgIpc) is 3.35. The highest BCUT2D eigenvalue weighted by atomic mass is 16.2. The molecule has 3 N–H and O–H groups in total. The van der Waals surface area contributed by atoms with Gasteiger partial charge >= 0.3 is 0 Å². The summed E-state index contributed by atoms with van der Waals surface area (Å²) in [4.78, 5) is 66.6. The molecule has 2 aliphatic rings. The number of aromatic amines is 1. The van der Waals surface area contributed by atoms with Crippen LogP contribution in [-0.4, -0.2) is 45.5 Å². The molecule has 5 amide bonds. The number of fused-ring (bicyclic) bond motifs is 2. The minimum atomic E-state index is -0.781. The Morgan fingerprint density at radius 3 is 2.59 bits per heavy atom. The second kappa shape index (κ2) is 7.45. The lowest BCUT2D eigenvalue weighted by Crippen LogP contribution is -2.52. The Bertz CT molecular complexity index is 1290. The van der Waals surface area contributed by atoms with Crippen molar-refractivity contribution >= 4 is 40.4 Å². The highest BCUT2D eigenvalue weighted by Crippen LogP contribution is 2.30. The fourth-order valence-electron chi connectivity index (χ4n) is 4.24. The molecule has 160 valence electrons. The number of H-pyrrole nitrogens is 1. The molecule has 0 spiro atoms. The maximum absolute atomic E-state index is 13.1. The smallest absolute Gasteiger partial charge is 0.274 e. The van der Waals surface area contributed by atoms with Crippen LogP contribution < -0.4 is 10.6 Å². The van der Waals surface area contributed by atoms with Crippen LogP contribution in [0.4, 0.5) is 0 Å². The van der Waals surface area contributed by atoms with E-state index in [2.05, 4.69) is 15.6 Å². The molecule has 0 radical (unpaired) electrons. The Balaban J connectivity index is 1.38. The summed E-state index contributed by atoms with van der Waals surface area (Å²) in [7, 11) is 0. The molecule has 3 heterocycles. The topological polar surface area (TPSA) is 128 Å². The van der Waals surface area contributed by atoms with Crippen LogP contribution >= 0.6 is 0 Å². The standard InChI is InChI=1S/C23H18N4O5/c28-18-9-8-17(22(31)25-18)27-11-13-5-3-6-14(19(13)23(27)32)20(29)26-21(30)16-10-12-4-1-2-7-15(12)24-16/h1-7,10,17,24H,8-9,11H2,(H,25,28,31)(H,26,29,30). The third-order valence-corrected chi connectivity index (χ3v) is 5.80. The lowest BCUT2D eigenvalue weighted by molar-refractivity contribution is -0.136. The lowest BCUT2D eigenvalue weighted by Gasteiger charge is -2.29. The van der Waals surface area contributed by atoms with E-state index < -0.39 is 29.7 Å². The van der Waals surface area contributed by atoms with Crippen molar-refractivity contribution in [2.75, 3.05) is 0 Å². The fourth-order valence-corrected chi connectivity index (χ4v) is 4.24. The van der Waals surface area contributed by atoms with E-state index in [1.54, 1.807) is 18.2 Å². The number of aromatic nitrogens is 1. The van der Waals surface area contributed by atoms with E-state index in [-0.39, 0.29) is 42.1 Å². The highest BCUT2D eigenvalue weighted by Gasteiger charge is 2.40. The lowest BCUT2D eigenvalue weighted by atomic mass is 10.0. The number of piperidine rings is 1. The number of para-hydroxylation sites is 1. The summed E-state index contributed by atoms with van der Waals surface area (Å²) in [6.07, 6.45) is 0.369. The Morgan fingerprint density at radius 2 is 1.81 bits per heavy atom. The minimum Gasteiger partial charge on any atom is -0.351 e. The molecule has 3 aromatic rings. The monoisotopic (exact) mass is 430 g/mol. The number of nitrogens with one attached hydrogen (secondary N) is 3. The predicted molar refractivity (Wildman–Crippen MR) is 113 cm³/mol. The number of hydrogen-bond acceptors (Lipinski definition) is 5. The first-order chi connectivity index (χ1) is 15.4. The highest BCUT2D eigenvalue weighted by molar-refractivity contribution is 6.16. The molecule has 2 aliphatic heterocycles. The first-order valence-corrected chi connectivity index (χ1v) is 10.1. The molecule has 5 rings (SSSR count). The van der Waals surface area contributed by atoms with E-state index in [0.717, 1.165) is 10.9 Å². The van der Waals surface area contributed by atoms with Gasteiger partial charge in [-0.1, -0.05) is 30.3 Å². The van der Waals surface area contributed by atoms with Crippen LogP contribution in [0.5, 0.6) is 0 Å². The van der Waals surface area contributed by atoms with Crippen molar-refractivity contribution in [3.8, 4) is 0 Å². The minimum absolute atomic E-state index is 0.0618. The summed E-state index contributed by atoms with van der Waals surface area (Å²) >= 11 is 0. The molecule has 9 nitrogen and oxygen atoms in total. The fraction of sp³-hybridized carbons (Fsp3) is 0.174. The molecule has 0 saturated carbocycles. The molecule has 0 bridgehead atoms. The van der Waals surface area contributed by atoms with Crippen LogP contribution in [0.1, 0.15) is 49.6 Å². The van der Waals surface area contributed by atoms with Gasteiger partial charge in [-0.25, -0.2) is 0 Å². The van der Waals surface area contributed by atoms with Gasteiger partial charge < -0.3 is 9.88 Å². The van der Waals surface area contributed by atoms with Crippen LogP contribution in [0.25, 0.3) is 10.9 Å². The largest absolute Gasteiger partial charge is 0.351 e. The zero-order chi connectivity index (χ0) is 22.4. The summed E-state index contributed by atoms with van der Waals surface area (Å²) in [5.74, 6) is -2.69. The van der Waals surface area contributed by atoms with Gasteiger partial charge in [-0.3, -0.25) is 34.6 Å². The second-order valence-electron chi connectivity index (χ2n) is 7.79. The summed E-state index contributed by atoms with van der Waals surface area (Å²) in [5, 5.41) is 5.41. The van der Waals surface area contributed by atoms with E-state index in [1.807, 2.05) is 24.3 Å². The number of carbonyl (C=O) groups is 5. The average molecular weight is 430 g/mol. The summed E-state index contributed by atoms with van der Waals surface area (Å²) in [6.45, 7) is 0.150. The number of imide groups is 2. The Hall–Kier alpha value is -4.27. The van der Waals surface area contributed by atoms with Gasteiger partial charge in [0.15, 0.2) is 0 Å². The maximum Gasteiger partial charge on any atom is 0.274 e. The van der Waals surface area contributed by atoms with E-state index in [1.165, 1.54) is 11.0 Å². The Labute approximate surface area is 181 Å². The van der Waals surface area contributed by atoms with Crippen LogP contribution in [-0.2, 0) is 16.1 Å². The van der Waals surface area contributed by atoms with Crippen molar-refractivity contribution in [3.63, 3.8) is 0 Å². The molecule has 1 saturated heterocycles. The van der Waals surface area contributed by atoms with E-state index in [0.29, 0.717) is 5.56 Å². The van der Waals surface area contributed by atoms with Gasteiger partial charge in [0.25, 0.3) is 17.7 Å². The molecule has 1 unspecified atom stereocenters. The molecular formula is C23H18N4O5. The van der Waals surface area contributed by atoms with Gasteiger partial charge in [-0.15, -0.1) is 0 Å². The summed E-state index contributed by atoms with van der Waals surface area (Å²) < 4.78 is 0. The predicted octanol–water partition coefficient (Wildman–Crippen LogP) is 1.50. The molecule has 1 atom stereocenters. The number of amides is 5. The molecule has 2 aromatic carbocycles. The van der Waals surface area contributed by atoms with E-state index >= 15 is 0 Å². The maximum atomic E-state index is 13.1. The summed E-state index contributed by atoms with van der Waals surface area (Å²) in [5.41, 5.74) is 1.81. The number of nitrogens with zero attached hydrogens (tertiary/aromatic N) is 1. The van der Waals surface area contributed by atoms with Crippen LogP contribution in [0.2, 0.25) is 0 Å². The molecule has 9 heteroatoms. The van der Waals surface area contributed by atoms with Crippen molar-refractivity contribution in [2.24, 2.45) is 0 Å². The van der Waals surface area contributed by atoms with Crippen molar-refractivity contribution < 1.29 is 24.0 Å². The first-order valence-electron chi connectivity index (χ1n) is 10.1. The first kappa shape index (κ1) is 19.7. The third-order valence-electron chi connectivity index (χ3n) is 5.80. The van der Waals surface area contributed by atoms with Gasteiger partial charge in [0.05, 0.1) is 11.1 Å². The zero-order valence-electron chi connectivity index (χ0n) is 16.8. The third kappa shape index (κ3) is 3.24. The number of rotatable bonds is 3.